The Morgan fingerprint density at radius 3 is 1.91 bits per heavy atom. The first-order valence-electron chi connectivity index (χ1n) is 10.4. The van der Waals surface area contributed by atoms with Crippen molar-refractivity contribution in [1.29, 1.82) is 0 Å². The molecule has 33 heavy (non-hydrogen) atoms. The number of hydrogen-bond donors (Lipinski definition) is 1. The second kappa shape index (κ2) is 10.2. The molecule has 0 saturated heterocycles. The fourth-order valence-electron chi connectivity index (χ4n) is 3.19. The number of hydrogen-bond acceptors (Lipinski definition) is 5. The zero-order valence-electron chi connectivity index (χ0n) is 18.0. The van der Waals surface area contributed by atoms with Crippen molar-refractivity contribution in [2.45, 2.75) is 18.4 Å². The molecule has 3 aromatic carbocycles. The van der Waals surface area contributed by atoms with E-state index in [2.05, 4.69) is 14.9 Å². The summed E-state index contributed by atoms with van der Waals surface area (Å²) in [5.74, 6) is 0.545. The van der Waals surface area contributed by atoms with Crippen molar-refractivity contribution < 1.29 is 12.8 Å². The quantitative estimate of drug-likeness (QED) is 0.298. The lowest BCUT2D eigenvalue weighted by Crippen LogP contribution is -2.23. The molecule has 0 aliphatic carbocycles. The topological polar surface area (TPSA) is 84.0 Å². The molecular formula is C26H23N3O3S. The van der Waals surface area contributed by atoms with Gasteiger partial charge in [-0.05, 0) is 36.8 Å². The molecule has 166 valence electrons. The predicted octanol–water partition coefficient (Wildman–Crippen LogP) is 5.02. The Bertz CT molecular complexity index is 1300. The van der Waals surface area contributed by atoms with Crippen LogP contribution in [0.15, 0.2) is 123 Å². The third-order valence-corrected chi connectivity index (χ3v) is 6.41. The van der Waals surface area contributed by atoms with Gasteiger partial charge in [0.25, 0.3) is 0 Å². The molecule has 1 aromatic heterocycles. The van der Waals surface area contributed by atoms with Crippen molar-refractivity contribution in [3.05, 3.63) is 126 Å². The van der Waals surface area contributed by atoms with Crippen molar-refractivity contribution in [3.8, 4) is 0 Å². The number of benzene rings is 3. The van der Waals surface area contributed by atoms with E-state index in [1.54, 1.807) is 36.4 Å². The molecule has 7 heteroatoms. The van der Waals surface area contributed by atoms with Crippen LogP contribution in [-0.2, 0) is 16.6 Å². The van der Waals surface area contributed by atoms with Crippen LogP contribution in [0.3, 0.4) is 0 Å². The highest BCUT2D eigenvalue weighted by Crippen LogP contribution is 2.14. The maximum atomic E-state index is 12.5. The van der Waals surface area contributed by atoms with E-state index in [9.17, 15) is 8.42 Å². The average Bonchev–Trinajstić information content (AvgIpc) is 3.38. The van der Waals surface area contributed by atoms with E-state index in [0.717, 1.165) is 22.4 Å². The molecule has 0 radical (unpaired) electrons. The maximum Gasteiger partial charge on any atom is 0.240 e. The number of nitrogens with one attached hydrogen (secondary N) is 1. The average molecular weight is 458 g/mol. The lowest BCUT2D eigenvalue weighted by atomic mass is 10.0. The van der Waals surface area contributed by atoms with Crippen LogP contribution < -0.4 is 4.72 Å². The monoisotopic (exact) mass is 457 g/mol. The van der Waals surface area contributed by atoms with Gasteiger partial charge in [-0.15, -0.1) is 5.10 Å². The summed E-state index contributed by atoms with van der Waals surface area (Å²) in [6, 6.07) is 29.7. The summed E-state index contributed by atoms with van der Waals surface area (Å²) >= 11 is 0. The van der Waals surface area contributed by atoms with Gasteiger partial charge in [0, 0.05) is 11.1 Å². The molecule has 0 unspecified atom stereocenters. The largest absolute Gasteiger partial charge is 0.468 e. The van der Waals surface area contributed by atoms with E-state index in [1.165, 1.54) is 6.26 Å². The van der Waals surface area contributed by atoms with Gasteiger partial charge in [-0.2, -0.15) is 5.10 Å². The van der Waals surface area contributed by atoms with Crippen LogP contribution in [0.2, 0.25) is 0 Å². The first-order valence-corrected chi connectivity index (χ1v) is 11.9. The molecule has 0 aliphatic heterocycles. The highest BCUT2D eigenvalue weighted by molar-refractivity contribution is 7.89. The summed E-state index contributed by atoms with van der Waals surface area (Å²) in [5, 5.41) is 8.97. The fourth-order valence-corrected chi connectivity index (χ4v) is 4.19. The lowest BCUT2D eigenvalue weighted by Gasteiger charge is -2.07. The first-order chi connectivity index (χ1) is 16.0. The second-order valence-electron chi connectivity index (χ2n) is 7.29. The Balaban J connectivity index is 1.56. The van der Waals surface area contributed by atoms with Gasteiger partial charge in [0.05, 0.1) is 23.4 Å². The van der Waals surface area contributed by atoms with Crippen LogP contribution in [0.1, 0.15) is 29.4 Å². The van der Waals surface area contributed by atoms with Crippen LogP contribution in [0, 0.1) is 0 Å². The van der Waals surface area contributed by atoms with Gasteiger partial charge in [-0.3, -0.25) is 0 Å². The van der Waals surface area contributed by atoms with Gasteiger partial charge in [0.15, 0.2) is 0 Å². The summed E-state index contributed by atoms with van der Waals surface area (Å²) < 4.78 is 32.8. The molecule has 6 nitrogen and oxygen atoms in total. The second-order valence-corrected chi connectivity index (χ2v) is 9.06. The molecule has 0 saturated carbocycles. The Hall–Kier alpha value is -3.81. The van der Waals surface area contributed by atoms with Crippen LogP contribution >= 0.6 is 0 Å². The van der Waals surface area contributed by atoms with E-state index in [1.807, 2.05) is 67.6 Å². The van der Waals surface area contributed by atoms with Crippen molar-refractivity contribution >= 4 is 21.4 Å². The van der Waals surface area contributed by atoms with Gasteiger partial charge in [-0.1, -0.05) is 72.8 Å². The Kier molecular flexibility index (Phi) is 6.92. The minimum absolute atomic E-state index is 0.0913. The fraction of sp³-hybridized carbons (Fsp3) is 0.0769. The summed E-state index contributed by atoms with van der Waals surface area (Å²) in [4.78, 5) is 0.170. The molecule has 0 fully saturated rings. The Morgan fingerprint density at radius 2 is 1.36 bits per heavy atom. The van der Waals surface area contributed by atoms with Gasteiger partial charge >= 0.3 is 0 Å². The summed E-state index contributed by atoms with van der Waals surface area (Å²) in [5.41, 5.74) is 4.14. The van der Waals surface area contributed by atoms with E-state index in [4.69, 9.17) is 4.42 Å². The summed E-state index contributed by atoms with van der Waals surface area (Å²) in [6.45, 7) is 1.93. The molecule has 4 aromatic rings. The van der Waals surface area contributed by atoms with Crippen LogP contribution in [0.25, 0.3) is 0 Å². The normalized spacial score (nSPS) is 11.8. The number of nitrogens with zero attached hydrogens (tertiary/aromatic N) is 2. The molecule has 1 heterocycles. The highest BCUT2D eigenvalue weighted by Gasteiger charge is 2.14. The van der Waals surface area contributed by atoms with Gasteiger partial charge in [0.1, 0.15) is 11.5 Å². The smallest absolute Gasteiger partial charge is 0.240 e. The predicted molar refractivity (Wildman–Crippen MR) is 130 cm³/mol. The van der Waals surface area contributed by atoms with E-state index < -0.39 is 10.0 Å². The lowest BCUT2D eigenvalue weighted by molar-refractivity contribution is 0.498. The van der Waals surface area contributed by atoms with Crippen molar-refractivity contribution in [1.82, 2.24) is 4.72 Å². The van der Waals surface area contributed by atoms with Crippen molar-refractivity contribution in [3.63, 3.8) is 0 Å². The van der Waals surface area contributed by atoms with Crippen LogP contribution in [-0.4, -0.2) is 19.8 Å². The highest BCUT2D eigenvalue weighted by atomic mass is 32.2. The summed E-state index contributed by atoms with van der Waals surface area (Å²) in [7, 11) is -3.65. The Morgan fingerprint density at radius 1 is 0.758 bits per heavy atom. The molecule has 0 amide bonds. The molecular weight excluding hydrogens is 434 g/mol. The van der Waals surface area contributed by atoms with E-state index in [0.29, 0.717) is 11.5 Å². The minimum Gasteiger partial charge on any atom is -0.468 e. The Labute approximate surface area is 193 Å². The first kappa shape index (κ1) is 22.4. The molecule has 0 atom stereocenters. The molecule has 0 aliphatic rings. The van der Waals surface area contributed by atoms with Crippen molar-refractivity contribution in [2.24, 2.45) is 10.2 Å². The number of sulfonamides is 1. The maximum absolute atomic E-state index is 12.5. The van der Waals surface area contributed by atoms with Gasteiger partial charge in [-0.25, -0.2) is 13.1 Å². The van der Waals surface area contributed by atoms with Crippen LogP contribution in [0.5, 0.6) is 0 Å². The third-order valence-electron chi connectivity index (χ3n) is 4.99. The number of furan rings is 1. The molecule has 1 N–H and O–H groups in total. The number of rotatable bonds is 8. The zero-order valence-corrected chi connectivity index (χ0v) is 18.9. The SMILES string of the molecule is C/C(=N\N=C(c1ccccc1)c1ccccc1)c1ccc(S(=O)(=O)NCc2ccco2)cc1. The molecule has 0 bridgehead atoms. The van der Waals surface area contributed by atoms with Gasteiger partial charge in [0.2, 0.25) is 10.0 Å². The standard InChI is InChI=1S/C26H23N3O3S/c1-20(28-29-26(22-9-4-2-5-10-22)23-11-6-3-7-12-23)21-14-16-25(17-15-21)33(30,31)27-19-24-13-8-18-32-24/h2-18,27H,19H2,1H3/b28-20+. The van der Waals surface area contributed by atoms with Crippen LogP contribution in [0.4, 0.5) is 0 Å². The minimum atomic E-state index is -3.65. The van der Waals surface area contributed by atoms with E-state index in [-0.39, 0.29) is 11.4 Å². The third kappa shape index (κ3) is 5.71. The zero-order chi connectivity index (χ0) is 23.1. The van der Waals surface area contributed by atoms with Gasteiger partial charge < -0.3 is 4.42 Å². The summed E-state index contributed by atoms with van der Waals surface area (Å²) in [6.07, 6.45) is 1.50. The van der Waals surface area contributed by atoms with Crippen molar-refractivity contribution in [2.75, 3.05) is 0 Å². The molecule has 4 rings (SSSR count). The van der Waals surface area contributed by atoms with E-state index >= 15 is 0 Å². The molecule has 0 spiro atoms.